The van der Waals surface area contributed by atoms with Crippen LogP contribution in [0.5, 0.6) is 0 Å². The molecule has 0 radical (unpaired) electrons. The molecule has 1 heterocycles. The van der Waals surface area contributed by atoms with Crippen molar-refractivity contribution >= 4 is 38.9 Å². The third kappa shape index (κ3) is 2.19. The normalized spacial score (nSPS) is 13.7. The molecule has 0 atom stereocenters. The van der Waals surface area contributed by atoms with Gasteiger partial charge < -0.3 is 10.6 Å². The van der Waals surface area contributed by atoms with Crippen molar-refractivity contribution in [1.29, 1.82) is 0 Å². The number of nitrogen functional groups attached to an aromatic ring is 1. The SMILES string of the molecule is Nc1cccc2c1CN(c1c(Cl)cc(F)cc1Br)C2. The Labute approximate surface area is 124 Å². The maximum atomic E-state index is 13.3. The summed E-state index contributed by atoms with van der Waals surface area (Å²) in [4.78, 5) is 2.09. The van der Waals surface area contributed by atoms with Gasteiger partial charge in [0, 0.05) is 23.2 Å². The van der Waals surface area contributed by atoms with Crippen LogP contribution in [0.1, 0.15) is 11.1 Å². The smallest absolute Gasteiger partial charge is 0.125 e. The van der Waals surface area contributed by atoms with Gasteiger partial charge in [-0.05, 0) is 45.3 Å². The average Bonchev–Trinajstić information content (AvgIpc) is 2.72. The summed E-state index contributed by atoms with van der Waals surface area (Å²) >= 11 is 9.53. The topological polar surface area (TPSA) is 29.3 Å². The second kappa shape index (κ2) is 4.69. The molecule has 2 nitrogen and oxygen atoms in total. The Morgan fingerprint density at radius 1 is 1.26 bits per heavy atom. The molecule has 1 aliphatic heterocycles. The van der Waals surface area contributed by atoms with Gasteiger partial charge in [0.05, 0.1) is 10.7 Å². The first-order chi connectivity index (χ1) is 9.06. The van der Waals surface area contributed by atoms with Crippen molar-refractivity contribution < 1.29 is 4.39 Å². The molecule has 1 aliphatic rings. The highest BCUT2D eigenvalue weighted by Crippen LogP contribution is 2.40. The van der Waals surface area contributed by atoms with E-state index in [4.69, 9.17) is 17.3 Å². The molecule has 2 aromatic rings. The van der Waals surface area contributed by atoms with Crippen molar-refractivity contribution in [2.45, 2.75) is 13.1 Å². The van der Waals surface area contributed by atoms with Crippen LogP contribution in [-0.2, 0) is 13.1 Å². The lowest BCUT2D eigenvalue weighted by molar-refractivity contribution is 0.626. The van der Waals surface area contributed by atoms with E-state index >= 15 is 0 Å². The number of fused-ring (bicyclic) bond motifs is 1. The van der Waals surface area contributed by atoms with Gasteiger partial charge in [0.2, 0.25) is 0 Å². The lowest BCUT2D eigenvalue weighted by Crippen LogP contribution is -2.16. The van der Waals surface area contributed by atoms with E-state index in [-0.39, 0.29) is 5.82 Å². The van der Waals surface area contributed by atoms with E-state index in [0.29, 0.717) is 16.0 Å². The van der Waals surface area contributed by atoms with Crippen LogP contribution in [0.2, 0.25) is 5.02 Å². The zero-order chi connectivity index (χ0) is 13.6. The van der Waals surface area contributed by atoms with Crippen LogP contribution in [0.4, 0.5) is 15.8 Å². The van der Waals surface area contributed by atoms with Gasteiger partial charge in [-0.2, -0.15) is 0 Å². The Morgan fingerprint density at radius 2 is 2.05 bits per heavy atom. The van der Waals surface area contributed by atoms with Crippen LogP contribution in [0.3, 0.4) is 0 Å². The highest BCUT2D eigenvalue weighted by atomic mass is 79.9. The molecule has 0 bridgehead atoms. The van der Waals surface area contributed by atoms with Crippen LogP contribution < -0.4 is 10.6 Å². The second-order valence-corrected chi connectivity index (χ2v) is 5.82. The first kappa shape index (κ1) is 12.8. The van der Waals surface area contributed by atoms with Crippen LogP contribution in [0.25, 0.3) is 0 Å². The molecule has 3 rings (SSSR count). The van der Waals surface area contributed by atoms with Gasteiger partial charge in [0.1, 0.15) is 5.82 Å². The van der Waals surface area contributed by atoms with Gasteiger partial charge in [-0.25, -0.2) is 4.39 Å². The molecule has 0 aliphatic carbocycles. The van der Waals surface area contributed by atoms with E-state index in [9.17, 15) is 4.39 Å². The lowest BCUT2D eigenvalue weighted by atomic mass is 10.1. The zero-order valence-electron chi connectivity index (χ0n) is 9.96. The molecule has 2 aromatic carbocycles. The average molecular weight is 342 g/mol. The fraction of sp³-hybridized carbons (Fsp3) is 0.143. The van der Waals surface area contributed by atoms with Crippen molar-refractivity contribution in [1.82, 2.24) is 0 Å². The quantitative estimate of drug-likeness (QED) is 0.782. The molecule has 0 fully saturated rings. The molecule has 0 saturated carbocycles. The lowest BCUT2D eigenvalue weighted by Gasteiger charge is -2.21. The summed E-state index contributed by atoms with van der Waals surface area (Å²) in [7, 11) is 0. The molecule has 19 heavy (non-hydrogen) atoms. The molecule has 0 aromatic heterocycles. The number of benzene rings is 2. The first-order valence-corrected chi connectivity index (χ1v) is 6.99. The Balaban J connectivity index is 2.02. The van der Waals surface area contributed by atoms with Gasteiger partial charge in [0.15, 0.2) is 0 Å². The molecule has 0 amide bonds. The summed E-state index contributed by atoms with van der Waals surface area (Å²) in [6.45, 7) is 1.41. The van der Waals surface area contributed by atoms with Crippen LogP contribution >= 0.6 is 27.5 Å². The monoisotopic (exact) mass is 340 g/mol. The van der Waals surface area contributed by atoms with Crippen molar-refractivity contribution in [3.63, 3.8) is 0 Å². The fourth-order valence-electron chi connectivity index (χ4n) is 2.44. The van der Waals surface area contributed by atoms with Crippen LogP contribution in [-0.4, -0.2) is 0 Å². The minimum absolute atomic E-state index is 0.350. The van der Waals surface area contributed by atoms with Crippen molar-refractivity contribution in [2.24, 2.45) is 0 Å². The predicted octanol–water partition coefficient (Wildman–Crippen LogP) is 4.34. The summed E-state index contributed by atoms with van der Waals surface area (Å²) < 4.78 is 13.9. The molecular formula is C14H11BrClFN2. The molecule has 0 saturated heterocycles. The molecule has 0 unspecified atom stereocenters. The number of hydrogen-bond acceptors (Lipinski definition) is 2. The van der Waals surface area contributed by atoms with Gasteiger partial charge in [-0.3, -0.25) is 0 Å². The summed E-state index contributed by atoms with van der Waals surface area (Å²) in [5.41, 5.74) is 9.88. The van der Waals surface area contributed by atoms with Crippen molar-refractivity contribution in [3.05, 3.63) is 56.8 Å². The van der Waals surface area contributed by atoms with Gasteiger partial charge >= 0.3 is 0 Å². The fourth-order valence-corrected chi connectivity index (χ4v) is 3.57. The molecule has 98 valence electrons. The molecule has 5 heteroatoms. The second-order valence-electron chi connectivity index (χ2n) is 4.56. The Morgan fingerprint density at radius 3 is 2.74 bits per heavy atom. The van der Waals surface area contributed by atoms with E-state index in [1.807, 2.05) is 12.1 Å². The van der Waals surface area contributed by atoms with E-state index < -0.39 is 0 Å². The minimum Gasteiger partial charge on any atom is -0.398 e. The van der Waals surface area contributed by atoms with Gasteiger partial charge in [-0.1, -0.05) is 23.7 Å². The van der Waals surface area contributed by atoms with Crippen LogP contribution in [0, 0.1) is 5.82 Å². The number of hydrogen-bond donors (Lipinski definition) is 1. The largest absolute Gasteiger partial charge is 0.398 e. The summed E-state index contributed by atoms with van der Waals surface area (Å²) in [6, 6.07) is 8.64. The van der Waals surface area contributed by atoms with Gasteiger partial charge in [0.25, 0.3) is 0 Å². The summed E-state index contributed by atoms with van der Waals surface area (Å²) in [5, 5.41) is 0.401. The highest BCUT2D eigenvalue weighted by Gasteiger charge is 2.24. The van der Waals surface area contributed by atoms with E-state index in [0.717, 1.165) is 23.5 Å². The molecular weight excluding hydrogens is 331 g/mol. The predicted molar refractivity (Wildman–Crippen MR) is 79.9 cm³/mol. The van der Waals surface area contributed by atoms with Crippen molar-refractivity contribution in [3.8, 4) is 0 Å². The maximum absolute atomic E-state index is 13.3. The Kier molecular flexibility index (Phi) is 3.15. The zero-order valence-corrected chi connectivity index (χ0v) is 12.3. The van der Waals surface area contributed by atoms with Crippen LogP contribution in [0.15, 0.2) is 34.8 Å². The molecule has 2 N–H and O–H groups in total. The van der Waals surface area contributed by atoms with Crippen molar-refractivity contribution in [2.75, 3.05) is 10.6 Å². The third-order valence-electron chi connectivity index (χ3n) is 3.32. The number of nitrogens with two attached hydrogens (primary N) is 1. The van der Waals surface area contributed by atoms with E-state index in [1.54, 1.807) is 0 Å². The highest BCUT2D eigenvalue weighted by molar-refractivity contribution is 9.10. The summed E-state index contributed by atoms with van der Waals surface area (Å²) in [5.74, 6) is -0.350. The number of anilines is 2. The van der Waals surface area contributed by atoms with E-state index in [1.165, 1.54) is 17.7 Å². The number of nitrogens with zero attached hydrogens (tertiary/aromatic N) is 1. The maximum Gasteiger partial charge on any atom is 0.125 e. The number of rotatable bonds is 1. The number of halogens is 3. The van der Waals surface area contributed by atoms with E-state index in [2.05, 4.69) is 26.9 Å². The third-order valence-corrected chi connectivity index (χ3v) is 4.21. The Hall–Kier alpha value is -1.26. The minimum atomic E-state index is -0.350. The molecule has 0 spiro atoms. The first-order valence-electron chi connectivity index (χ1n) is 5.82. The standard InChI is InChI=1S/C14H11BrClFN2/c15-11-4-9(17)5-12(16)14(11)19-6-8-2-1-3-13(18)10(8)7-19/h1-5H,6-7,18H2. The van der Waals surface area contributed by atoms with Gasteiger partial charge in [-0.15, -0.1) is 0 Å². The Bertz CT molecular complexity index is 637. The summed E-state index contributed by atoms with van der Waals surface area (Å²) in [6.07, 6.45) is 0.